The molecule has 2 bridgehead atoms. The van der Waals surface area contributed by atoms with Crippen LogP contribution in [-0.4, -0.2) is 30.4 Å². The highest BCUT2D eigenvalue weighted by molar-refractivity contribution is 9.10. The van der Waals surface area contributed by atoms with E-state index in [0.717, 1.165) is 34.2 Å². The first-order chi connectivity index (χ1) is 16.5. The van der Waals surface area contributed by atoms with Crippen molar-refractivity contribution in [1.29, 1.82) is 0 Å². The average molecular weight is 595 g/mol. The number of benzene rings is 2. The van der Waals surface area contributed by atoms with Gasteiger partial charge >= 0.3 is 0 Å². The number of rotatable bonds is 6. The summed E-state index contributed by atoms with van der Waals surface area (Å²) in [6.45, 7) is 8.33. The summed E-state index contributed by atoms with van der Waals surface area (Å²) < 4.78 is 28.5. The Labute approximate surface area is 225 Å². The second-order valence-electron chi connectivity index (χ2n) is 10.6. The summed E-state index contributed by atoms with van der Waals surface area (Å²) in [5.41, 5.74) is 0.226. The number of allylic oxidation sites excluding steroid dienone is 1. The number of hydrogen-bond acceptors (Lipinski definition) is 4. The van der Waals surface area contributed by atoms with Crippen molar-refractivity contribution in [1.82, 2.24) is 4.31 Å². The Kier molecular flexibility index (Phi) is 6.27. The Bertz CT molecular complexity index is 1300. The Morgan fingerprint density at radius 2 is 1.94 bits per heavy atom. The molecule has 186 valence electrons. The summed E-state index contributed by atoms with van der Waals surface area (Å²) >= 11 is 11.3. The molecule has 3 fully saturated rings. The van der Waals surface area contributed by atoms with E-state index in [1.165, 1.54) is 16.1 Å². The molecule has 1 aliphatic heterocycles. The van der Waals surface area contributed by atoms with Crippen LogP contribution >= 0.6 is 39.3 Å². The van der Waals surface area contributed by atoms with Crippen molar-refractivity contribution in [3.05, 3.63) is 76.2 Å². The number of sulfonamides is 1. The molecule has 2 aliphatic carbocycles. The lowest BCUT2D eigenvalue weighted by atomic mass is 9.69. The van der Waals surface area contributed by atoms with Gasteiger partial charge in [0.05, 0.1) is 16.8 Å². The Hall–Kier alpha value is -1.28. The largest absolute Gasteiger partial charge is 0.272 e. The number of thioether (sulfide) groups is 1. The molecule has 2 saturated carbocycles. The fraction of sp³-hybridized carbons (Fsp3) is 0.444. The highest BCUT2D eigenvalue weighted by Crippen LogP contribution is 2.70. The quantitative estimate of drug-likeness (QED) is 0.266. The summed E-state index contributed by atoms with van der Waals surface area (Å²) in [4.78, 5) is 15.5. The third kappa shape index (κ3) is 3.67. The van der Waals surface area contributed by atoms with Gasteiger partial charge in [0.25, 0.3) is 5.91 Å². The van der Waals surface area contributed by atoms with Gasteiger partial charge in [0.15, 0.2) is 0 Å². The molecular formula is C27H29BrClNO3S2. The van der Waals surface area contributed by atoms with Crippen molar-refractivity contribution in [2.45, 2.75) is 55.2 Å². The van der Waals surface area contributed by atoms with Crippen LogP contribution in [0.3, 0.4) is 0 Å². The normalized spacial score (nSPS) is 29.5. The van der Waals surface area contributed by atoms with Gasteiger partial charge in [-0.2, -0.15) is 0 Å². The number of carbonyl (C=O) groups excluding carboxylic acids is 1. The average Bonchev–Trinajstić information content (AvgIpc) is 3.28. The van der Waals surface area contributed by atoms with Gasteiger partial charge in [-0.05, 0) is 66.8 Å². The van der Waals surface area contributed by atoms with Gasteiger partial charge < -0.3 is 0 Å². The number of nitrogens with zero attached hydrogens (tertiary/aromatic N) is 1. The topological polar surface area (TPSA) is 54.5 Å². The molecule has 35 heavy (non-hydrogen) atoms. The zero-order valence-electron chi connectivity index (χ0n) is 19.8. The predicted octanol–water partition coefficient (Wildman–Crippen LogP) is 7.03. The molecule has 1 heterocycles. The summed E-state index contributed by atoms with van der Waals surface area (Å²) in [6.07, 6.45) is 4.58. The number of hydrogen-bond donors (Lipinski definition) is 0. The lowest BCUT2D eigenvalue weighted by Gasteiger charge is -2.40. The van der Waals surface area contributed by atoms with E-state index in [0.29, 0.717) is 10.9 Å². The van der Waals surface area contributed by atoms with Gasteiger partial charge in [-0.25, -0.2) is 12.7 Å². The molecule has 0 aromatic heterocycles. The van der Waals surface area contributed by atoms with Crippen LogP contribution in [0.5, 0.6) is 0 Å². The van der Waals surface area contributed by atoms with E-state index in [1.807, 2.05) is 42.5 Å². The van der Waals surface area contributed by atoms with E-state index in [9.17, 15) is 13.2 Å². The molecular weight excluding hydrogens is 566 g/mol. The lowest BCUT2D eigenvalue weighted by Crippen LogP contribution is -2.51. The van der Waals surface area contributed by atoms with Crippen LogP contribution in [0.2, 0.25) is 5.02 Å². The maximum absolute atomic E-state index is 14.7. The second kappa shape index (κ2) is 8.64. The molecule has 8 heteroatoms. The maximum atomic E-state index is 14.7. The van der Waals surface area contributed by atoms with E-state index in [2.05, 4.69) is 36.4 Å². The lowest BCUT2D eigenvalue weighted by molar-refractivity contribution is -0.131. The number of amides is 1. The highest BCUT2D eigenvalue weighted by atomic mass is 79.9. The van der Waals surface area contributed by atoms with Crippen LogP contribution in [-0.2, 0) is 19.6 Å². The Morgan fingerprint density at radius 3 is 2.57 bits per heavy atom. The Morgan fingerprint density at radius 1 is 1.26 bits per heavy atom. The van der Waals surface area contributed by atoms with Crippen LogP contribution in [0, 0.1) is 16.7 Å². The van der Waals surface area contributed by atoms with E-state index in [-0.39, 0.29) is 29.0 Å². The molecule has 1 spiro atoms. The molecule has 1 saturated heterocycles. The monoisotopic (exact) mass is 593 g/mol. The van der Waals surface area contributed by atoms with Crippen molar-refractivity contribution in [2.75, 3.05) is 5.75 Å². The molecule has 3 aliphatic rings. The molecule has 0 unspecified atom stereocenters. The third-order valence-corrected chi connectivity index (χ3v) is 13.2. The highest BCUT2D eigenvalue weighted by Gasteiger charge is 2.73. The maximum Gasteiger partial charge on any atom is 0.257 e. The molecule has 2 aromatic rings. The zero-order valence-corrected chi connectivity index (χ0v) is 23.8. The fourth-order valence-corrected chi connectivity index (χ4v) is 11.3. The van der Waals surface area contributed by atoms with Gasteiger partial charge in [-0.15, -0.1) is 18.3 Å². The van der Waals surface area contributed by atoms with Crippen LogP contribution < -0.4 is 0 Å². The van der Waals surface area contributed by atoms with Crippen molar-refractivity contribution in [2.24, 2.45) is 16.7 Å². The van der Waals surface area contributed by atoms with E-state index in [4.69, 9.17) is 11.6 Å². The van der Waals surface area contributed by atoms with Crippen LogP contribution in [0.4, 0.5) is 0 Å². The van der Waals surface area contributed by atoms with Gasteiger partial charge in [-0.3, -0.25) is 4.79 Å². The first-order valence-corrected chi connectivity index (χ1v) is 15.5. The van der Waals surface area contributed by atoms with Crippen LogP contribution in [0.1, 0.15) is 45.1 Å². The molecule has 2 aromatic carbocycles. The first-order valence-electron chi connectivity index (χ1n) is 11.9. The van der Waals surface area contributed by atoms with Gasteiger partial charge in [-0.1, -0.05) is 71.7 Å². The number of halogens is 2. The Balaban J connectivity index is 1.68. The second-order valence-corrected chi connectivity index (χ2v) is 15.1. The molecule has 5 rings (SSSR count). The first kappa shape index (κ1) is 25.4. The van der Waals surface area contributed by atoms with Crippen molar-refractivity contribution in [3.8, 4) is 0 Å². The molecule has 1 amide bonds. The van der Waals surface area contributed by atoms with E-state index in [1.54, 1.807) is 12.1 Å². The summed E-state index contributed by atoms with van der Waals surface area (Å²) in [5, 5.41) is 0.526. The minimum Gasteiger partial charge on any atom is -0.272 e. The van der Waals surface area contributed by atoms with Crippen molar-refractivity contribution >= 4 is 55.2 Å². The van der Waals surface area contributed by atoms with Gasteiger partial charge in [0.1, 0.15) is 4.75 Å². The van der Waals surface area contributed by atoms with E-state index < -0.39 is 20.7 Å². The third-order valence-electron chi connectivity index (χ3n) is 8.82. The molecule has 0 N–H and O–H groups in total. The predicted molar refractivity (Wildman–Crippen MR) is 146 cm³/mol. The number of carbonyl (C=O) groups is 1. The zero-order chi connectivity index (χ0) is 25.2. The van der Waals surface area contributed by atoms with Crippen LogP contribution in [0.25, 0.3) is 0 Å². The minimum absolute atomic E-state index is 0.0428. The molecule has 4 atom stereocenters. The SMILES string of the molecule is C=CC[C@](Sc1ccccc1Cl)(C(=O)N1[C@H]2C[C@H]3CC[C@]2(CS1(=O)=O)C3(C)C)c1ccc(Br)cc1. The minimum atomic E-state index is -3.79. The number of fused-ring (bicyclic) bond motifs is 1. The summed E-state index contributed by atoms with van der Waals surface area (Å²) in [6, 6.07) is 14.6. The van der Waals surface area contributed by atoms with Gasteiger partial charge in [0.2, 0.25) is 10.0 Å². The van der Waals surface area contributed by atoms with Crippen LogP contribution in [0.15, 0.2) is 70.6 Å². The van der Waals surface area contributed by atoms with Crippen molar-refractivity contribution < 1.29 is 13.2 Å². The van der Waals surface area contributed by atoms with Gasteiger partial charge in [0, 0.05) is 14.8 Å². The fourth-order valence-electron chi connectivity index (χ4n) is 6.84. The summed E-state index contributed by atoms with van der Waals surface area (Å²) in [7, 11) is -3.79. The van der Waals surface area contributed by atoms with Crippen molar-refractivity contribution in [3.63, 3.8) is 0 Å². The molecule has 4 nitrogen and oxygen atoms in total. The van der Waals surface area contributed by atoms with E-state index >= 15 is 0 Å². The summed E-state index contributed by atoms with van der Waals surface area (Å²) in [5.74, 6) is 0.0760. The standard InChI is InChI=1S/C27H29BrClNO3S2/c1-4-14-27(18-9-11-20(28)12-10-18,34-22-8-6-5-7-21(22)29)24(31)30-23-16-19-13-15-26(23,25(19,2)3)17-35(30,32)33/h4-12,19,23H,1,13-17H2,2-3H3/t19-,23+,26-,27-/m1/s1. The smallest absolute Gasteiger partial charge is 0.257 e. The molecule has 0 radical (unpaired) electrons.